The van der Waals surface area contributed by atoms with Gasteiger partial charge >= 0.3 is 5.97 Å². The number of carbonyl (C=O) groups is 1. The normalized spacial score (nSPS) is 11.8. The number of methoxy groups -OCH3 is 1. The maximum absolute atomic E-state index is 10.6. The van der Waals surface area contributed by atoms with Gasteiger partial charge in [0.1, 0.15) is 5.75 Å². The van der Waals surface area contributed by atoms with Crippen molar-refractivity contribution in [3.05, 3.63) is 70.4 Å². The first-order valence-electron chi connectivity index (χ1n) is 6.00. The van der Waals surface area contributed by atoms with Crippen LogP contribution in [0.3, 0.4) is 0 Å². The monoisotopic (exact) mass is 286 g/mol. The molecule has 0 atom stereocenters. The fraction of sp³-hybridized carbons (Fsp3) is 0.0625. The molecule has 0 aliphatic heterocycles. The molecule has 0 aliphatic carbocycles. The molecule has 0 amide bonds. The van der Waals surface area contributed by atoms with Crippen molar-refractivity contribution in [1.82, 2.24) is 0 Å². The summed E-state index contributed by atoms with van der Waals surface area (Å²) in [5.74, 6) is -0.165. The predicted molar refractivity (Wildman–Crippen MR) is 81.2 cm³/mol. The van der Waals surface area contributed by atoms with Gasteiger partial charge in [-0.1, -0.05) is 30.4 Å². The third-order valence-corrected chi connectivity index (χ3v) is 3.59. The SMILES string of the molecule is COc1ccc(C(=CC=CC(=O)O)c2cccs2)cc1. The summed E-state index contributed by atoms with van der Waals surface area (Å²) in [7, 11) is 1.63. The number of hydrogen-bond acceptors (Lipinski definition) is 3. The van der Waals surface area contributed by atoms with Gasteiger partial charge < -0.3 is 9.84 Å². The zero-order valence-electron chi connectivity index (χ0n) is 10.9. The molecule has 0 aliphatic rings. The molecule has 0 radical (unpaired) electrons. The molecule has 1 aromatic carbocycles. The summed E-state index contributed by atoms with van der Waals surface area (Å²) in [5.41, 5.74) is 2.00. The lowest BCUT2D eigenvalue weighted by Gasteiger charge is -2.06. The van der Waals surface area contributed by atoms with Crippen LogP contribution < -0.4 is 4.74 Å². The second-order valence-corrected chi connectivity index (χ2v) is 4.93. The summed E-state index contributed by atoms with van der Waals surface area (Å²) < 4.78 is 5.14. The number of allylic oxidation sites excluding steroid dienone is 2. The van der Waals surface area contributed by atoms with Crippen LogP contribution in [0.4, 0.5) is 0 Å². The number of thiophene rings is 1. The Hall–Kier alpha value is -2.33. The van der Waals surface area contributed by atoms with E-state index in [-0.39, 0.29) is 0 Å². The maximum Gasteiger partial charge on any atom is 0.328 e. The van der Waals surface area contributed by atoms with E-state index in [9.17, 15) is 4.79 Å². The highest BCUT2D eigenvalue weighted by Gasteiger charge is 2.05. The lowest BCUT2D eigenvalue weighted by molar-refractivity contribution is -0.131. The maximum atomic E-state index is 10.6. The van der Waals surface area contributed by atoms with E-state index in [0.717, 1.165) is 27.8 Å². The number of hydrogen-bond donors (Lipinski definition) is 1. The minimum atomic E-state index is -0.957. The minimum Gasteiger partial charge on any atom is -0.497 e. The topological polar surface area (TPSA) is 46.5 Å². The van der Waals surface area contributed by atoms with E-state index in [1.165, 1.54) is 0 Å². The number of carboxylic acids is 1. The van der Waals surface area contributed by atoms with Gasteiger partial charge in [0.15, 0.2) is 0 Å². The van der Waals surface area contributed by atoms with Gasteiger partial charge in [-0.25, -0.2) is 4.79 Å². The van der Waals surface area contributed by atoms with E-state index in [1.54, 1.807) is 24.5 Å². The third-order valence-electron chi connectivity index (χ3n) is 2.69. The molecule has 102 valence electrons. The van der Waals surface area contributed by atoms with Gasteiger partial charge in [-0.05, 0) is 34.7 Å². The molecule has 4 heteroatoms. The smallest absolute Gasteiger partial charge is 0.328 e. The molecular weight excluding hydrogens is 272 g/mol. The minimum absolute atomic E-state index is 0.792. The molecule has 1 aromatic heterocycles. The Morgan fingerprint density at radius 2 is 2.00 bits per heavy atom. The summed E-state index contributed by atoms with van der Waals surface area (Å²) in [6, 6.07) is 11.7. The molecular formula is C16H14O3S. The van der Waals surface area contributed by atoms with Crippen LogP contribution in [-0.4, -0.2) is 18.2 Å². The Kier molecular flexibility index (Phi) is 4.74. The van der Waals surface area contributed by atoms with Gasteiger partial charge in [-0.2, -0.15) is 0 Å². The van der Waals surface area contributed by atoms with E-state index in [0.29, 0.717) is 0 Å². The second-order valence-electron chi connectivity index (χ2n) is 3.98. The first-order valence-corrected chi connectivity index (χ1v) is 6.88. The largest absolute Gasteiger partial charge is 0.497 e. The van der Waals surface area contributed by atoms with Gasteiger partial charge in [-0.3, -0.25) is 0 Å². The van der Waals surface area contributed by atoms with Crippen molar-refractivity contribution >= 4 is 22.9 Å². The van der Waals surface area contributed by atoms with Crippen molar-refractivity contribution < 1.29 is 14.6 Å². The van der Waals surface area contributed by atoms with Gasteiger partial charge in [0.2, 0.25) is 0 Å². The molecule has 0 fully saturated rings. The zero-order chi connectivity index (χ0) is 14.4. The molecule has 0 spiro atoms. The van der Waals surface area contributed by atoms with Crippen molar-refractivity contribution in [2.75, 3.05) is 7.11 Å². The lowest BCUT2D eigenvalue weighted by atomic mass is 10.0. The molecule has 1 heterocycles. The second kappa shape index (κ2) is 6.73. The van der Waals surface area contributed by atoms with Gasteiger partial charge in [0.25, 0.3) is 0 Å². The Bertz CT molecular complexity index is 622. The van der Waals surface area contributed by atoms with E-state index in [4.69, 9.17) is 9.84 Å². The standard InChI is InChI=1S/C16H14O3S/c1-19-13-9-7-12(8-10-13)14(4-2-6-16(17)18)15-5-3-11-20-15/h2-11H,1H3,(H,17,18). The van der Waals surface area contributed by atoms with E-state index in [1.807, 2.05) is 47.9 Å². The summed E-state index contributed by atoms with van der Waals surface area (Å²) >= 11 is 1.61. The highest BCUT2D eigenvalue weighted by atomic mass is 32.1. The first kappa shape index (κ1) is 14.1. The molecule has 0 saturated heterocycles. The van der Waals surface area contributed by atoms with Crippen LogP contribution in [0.25, 0.3) is 5.57 Å². The van der Waals surface area contributed by atoms with Crippen LogP contribution in [0.1, 0.15) is 10.4 Å². The number of carboxylic acid groups (broad SMARTS) is 1. The van der Waals surface area contributed by atoms with Gasteiger partial charge in [-0.15, -0.1) is 11.3 Å². The van der Waals surface area contributed by atoms with Gasteiger partial charge in [0.05, 0.1) is 7.11 Å². The molecule has 1 N–H and O–H groups in total. The molecule has 20 heavy (non-hydrogen) atoms. The fourth-order valence-corrected chi connectivity index (χ4v) is 2.52. The summed E-state index contributed by atoms with van der Waals surface area (Å²) in [6.45, 7) is 0. The predicted octanol–water partition coefficient (Wildman–Crippen LogP) is 3.83. The van der Waals surface area contributed by atoms with Crippen molar-refractivity contribution in [3.63, 3.8) is 0 Å². The fourth-order valence-electron chi connectivity index (χ4n) is 1.75. The Labute approximate surface area is 121 Å². The molecule has 3 nitrogen and oxygen atoms in total. The average Bonchev–Trinajstić information content (AvgIpc) is 2.97. The first-order chi connectivity index (χ1) is 9.70. The Morgan fingerprint density at radius 1 is 1.25 bits per heavy atom. The van der Waals surface area contributed by atoms with Gasteiger partial charge in [0, 0.05) is 11.0 Å². The molecule has 2 rings (SSSR count). The molecule has 2 aromatic rings. The van der Waals surface area contributed by atoms with Crippen LogP contribution in [0.2, 0.25) is 0 Å². The highest BCUT2D eigenvalue weighted by molar-refractivity contribution is 7.11. The van der Waals surface area contributed by atoms with Crippen LogP contribution in [0.15, 0.2) is 60.0 Å². The van der Waals surface area contributed by atoms with E-state index < -0.39 is 5.97 Å². The quantitative estimate of drug-likeness (QED) is 0.671. The molecule has 0 bridgehead atoms. The van der Waals surface area contributed by atoms with Crippen molar-refractivity contribution in [2.24, 2.45) is 0 Å². The number of benzene rings is 1. The zero-order valence-corrected chi connectivity index (χ0v) is 11.8. The summed E-state index contributed by atoms with van der Waals surface area (Å²) in [6.07, 6.45) is 4.47. The average molecular weight is 286 g/mol. The third kappa shape index (κ3) is 3.59. The van der Waals surface area contributed by atoms with Crippen molar-refractivity contribution in [2.45, 2.75) is 0 Å². The van der Waals surface area contributed by atoms with Crippen LogP contribution in [-0.2, 0) is 4.79 Å². The summed E-state index contributed by atoms with van der Waals surface area (Å²) in [4.78, 5) is 11.6. The number of aliphatic carboxylic acids is 1. The highest BCUT2D eigenvalue weighted by Crippen LogP contribution is 2.28. The van der Waals surface area contributed by atoms with E-state index in [2.05, 4.69) is 0 Å². The number of ether oxygens (including phenoxy) is 1. The van der Waals surface area contributed by atoms with Crippen LogP contribution >= 0.6 is 11.3 Å². The van der Waals surface area contributed by atoms with E-state index >= 15 is 0 Å². The number of rotatable bonds is 5. The van der Waals surface area contributed by atoms with Crippen molar-refractivity contribution in [3.8, 4) is 5.75 Å². The molecule has 0 unspecified atom stereocenters. The van der Waals surface area contributed by atoms with Crippen LogP contribution in [0, 0.1) is 0 Å². The lowest BCUT2D eigenvalue weighted by Crippen LogP contribution is -1.88. The Balaban J connectivity index is 2.38. The van der Waals surface area contributed by atoms with Crippen LogP contribution in [0.5, 0.6) is 5.75 Å². The summed E-state index contributed by atoms with van der Waals surface area (Å²) in [5, 5.41) is 10.7. The molecule has 0 saturated carbocycles. The Morgan fingerprint density at radius 3 is 2.55 bits per heavy atom. The van der Waals surface area contributed by atoms with Crippen molar-refractivity contribution in [1.29, 1.82) is 0 Å².